The van der Waals surface area contributed by atoms with Crippen LogP contribution in [0.15, 0.2) is 0 Å². The highest BCUT2D eigenvalue weighted by Crippen LogP contribution is 2.77. The van der Waals surface area contributed by atoms with Gasteiger partial charge >= 0.3 is 5.97 Å². The number of alkyl halides is 1. The molecule has 1 spiro atoms. The third-order valence-electron chi connectivity index (χ3n) is 10.4. The van der Waals surface area contributed by atoms with Crippen LogP contribution in [0.3, 0.4) is 0 Å². The molecule has 4 nitrogen and oxygen atoms in total. The van der Waals surface area contributed by atoms with Crippen molar-refractivity contribution in [3.63, 3.8) is 0 Å². The van der Waals surface area contributed by atoms with E-state index in [0.717, 1.165) is 38.5 Å². The number of ether oxygens (including phenoxy) is 2. The Morgan fingerprint density at radius 1 is 1.20 bits per heavy atom. The van der Waals surface area contributed by atoms with Crippen molar-refractivity contribution >= 4 is 23.4 Å². The summed E-state index contributed by atoms with van der Waals surface area (Å²) in [5.41, 5.74) is -0.832. The standard InChI is InChI=1S/C25H35ClO4/c1-22(2,3)21(28)29-12-6-9-24(5)15-7-8-23(4)17(13-10-14(13)19(23)27)16(15)18(26)20-25(24,11-12)30-20/h12-18,20H,6-11H2,1-5H3/t12-,13+,14-,15?,16?,17?,18-,20+,23-,24+,25+/m0/s1. The van der Waals surface area contributed by atoms with E-state index in [1.54, 1.807) is 0 Å². The highest BCUT2D eigenvalue weighted by molar-refractivity contribution is 6.21. The number of halogens is 1. The summed E-state index contributed by atoms with van der Waals surface area (Å²) in [5, 5.41) is -0.0306. The highest BCUT2D eigenvalue weighted by atomic mass is 35.5. The van der Waals surface area contributed by atoms with Gasteiger partial charge in [0.05, 0.1) is 10.8 Å². The van der Waals surface area contributed by atoms with Crippen LogP contribution in [0.25, 0.3) is 0 Å². The number of fused-ring (bicyclic) bond motifs is 6. The van der Waals surface area contributed by atoms with Crippen molar-refractivity contribution in [2.24, 2.45) is 45.8 Å². The molecule has 3 unspecified atom stereocenters. The zero-order valence-corrected chi connectivity index (χ0v) is 19.6. The molecule has 0 bridgehead atoms. The lowest BCUT2D eigenvalue weighted by Gasteiger charge is -2.60. The van der Waals surface area contributed by atoms with Gasteiger partial charge in [0.15, 0.2) is 0 Å². The third-order valence-corrected chi connectivity index (χ3v) is 10.9. The zero-order chi connectivity index (χ0) is 21.4. The number of hydrogen-bond acceptors (Lipinski definition) is 4. The topological polar surface area (TPSA) is 55.9 Å². The second-order valence-electron chi connectivity index (χ2n) is 12.8. The van der Waals surface area contributed by atoms with E-state index in [4.69, 9.17) is 21.1 Å². The van der Waals surface area contributed by atoms with E-state index in [9.17, 15) is 9.59 Å². The summed E-state index contributed by atoms with van der Waals surface area (Å²) >= 11 is 7.20. The Hall–Kier alpha value is -0.610. The van der Waals surface area contributed by atoms with Gasteiger partial charge in [-0.3, -0.25) is 9.59 Å². The van der Waals surface area contributed by atoms with E-state index < -0.39 is 5.41 Å². The Morgan fingerprint density at radius 3 is 2.63 bits per heavy atom. The zero-order valence-electron chi connectivity index (χ0n) is 18.9. The van der Waals surface area contributed by atoms with Gasteiger partial charge in [0.1, 0.15) is 23.6 Å². The first-order valence-electron chi connectivity index (χ1n) is 12.0. The van der Waals surface area contributed by atoms with Gasteiger partial charge in [-0.15, -0.1) is 11.6 Å². The first kappa shape index (κ1) is 20.0. The fourth-order valence-electron chi connectivity index (χ4n) is 8.65. The van der Waals surface area contributed by atoms with E-state index in [1.165, 1.54) is 0 Å². The fraction of sp³-hybridized carbons (Fsp3) is 0.920. The van der Waals surface area contributed by atoms with Crippen LogP contribution in [-0.2, 0) is 19.1 Å². The summed E-state index contributed by atoms with van der Waals surface area (Å²) in [6, 6.07) is 0. The van der Waals surface area contributed by atoms with Gasteiger partial charge in [-0.2, -0.15) is 0 Å². The summed E-state index contributed by atoms with van der Waals surface area (Å²) in [4.78, 5) is 25.5. The second kappa shape index (κ2) is 5.65. The molecule has 1 heterocycles. The first-order valence-corrected chi connectivity index (χ1v) is 12.4. The minimum atomic E-state index is -0.488. The molecule has 0 radical (unpaired) electrons. The molecule has 11 atom stereocenters. The van der Waals surface area contributed by atoms with Crippen LogP contribution in [-0.4, -0.2) is 34.9 Å². The van der Waals surface area contributed by atoms with Crippen LogP contribution in [0.1, 0.15) is 73.1 Å². The third kappa shape index (κ3) is 2.23. The summed E-state index contributed by atoms with van der Waals surface area (Å²) in [6.07, 6.45) is 5.82. The van der Waals surface area contributed by atoms with Crippen molar-refractivity contribution in [1.82, 2.24) is 0 Å². The molecule has 0 aromatic rings. The summed E-state index contributed by atoms with van der Waals surface area (Å²) < 4.78 is 12.5. The summed E-state index contributed by atoms with van der Waals surface area (Å²) in [6.45, 7) is 10.4. The van der Waals surface area contributed by atoms with Crippen LogP contribution >= 0.6 is 11.6 Å². The quantitative estimate of drug-likeness (QED) is 0.339. The molecule has 30 heavy (non-hydrogen) atoms. The van der Waals surface area contributed by atoms with Gasteiger partial charge in [-0.25, -0.2) is 0 Å². The lowest BCUT2D eigenvalue weighted by Crippen LogP contribution is -2.62. The fourth-order valence-corrected chi connectivity index (χ4v) is 9.24. The second-order valence-corrected chi connectivity index (χ2v) is 13.3. The van der Waals surface area contributed by atoms with Crippen molar-refractivity contribution in [3.8, 4) is 0 Å². The smallest absolute Gasteiger partial charge is 0.311 e. The first-order chi connectivity index (χ1) is 13.9. The van der Waals surface area contributed by atoms with Crippen LogP contribution in [0, 0.1) is 45.8 Å². The van der Waals surface area contributed by atoms with Crippen LogP contribution in [0.2, 0.25) is 0 Å². The number of hydrogen-bond donors (Lipinski definition) is 0. The molecule has 166 valence electrons. The van der Waals surface area contributed by atoms with Crippen molar-refractivity contribution in [3.05, 3.63) is 0 Å². The number of carbonyl (C=O) groups is 2. The van der Waals surface area contributed by atoms with Gasteiger partial charge in [-0.1, -0.05) is 13.8 Å². The molecule has 6 fully saturated rings. The van der Waals surface area contributed by atoms with E-state index in [-0.39, 0.29) is 40.0 Å². The Morgan fingerprint density at radius 2 is 1.93 bits per heavy atom. The largest absolute Gasteiger partial charge is 0.462 e. The molecule has 1 aliphatic heterocycles. The molecule has 5 saturated carbocycles. The number of epoxide rings is 1. The minimum Gasteiger partial charge on any atom is -0.462 e. The molecule has 1 saturated heterocycles. The summed E-state index contributed by atoms with van der Waals surface area (Å²) in [5.74, 6) is 2.60. The molecule has 0 aromatic carbocycles. The molecule has 6 rings (SSSR count). The van der Waals surface area contributed by atoms with Crippen molar-refractivity contribution in [2.75, 3.05) is 0 Å². The van der Waals surface area contributed by atoms with Crippen LogP contribution < -0.4 is 0 Å². The average Bonchev–Trinajstić information content (AvgIpc) is 3.56. The van der Waals surface area contributed by atoms with Crippen LogP contribution in [0.4, 0.5) is 0 Å². The van der Waals surface area contributed by atoms with Gasteiger partial charge < -0.3 is 9.47 Å². The number of carbonyl (C=O) groups excluding carboxylic acids is 2. The predicted octanol–water partition coefficient (Wildman–Crippen LogP) is 4.76. The van der Waals surface area contributed by atoms with Crippen molar-refractivity contribution < 1.29 is 19.1 Å². The molecular formula is C25H35ClO4. The number of esters is 1. The molecule has 0 aromatic heterocycles. The average molecular weight is 435 g/mol. The van der Waals surface area contributed by atoms with Gasteiger partial charge in [0, 0.05) is 23.2 Å². The Kier molecular flexibility index (Phi) is 3.77. The molecule has 5 aliphatic carbocycles. The van der Waals surface area contributed by atoms with E-state index in [0.29, 0.717) is 35.4 Å². The minimum absolute atomic E-state index is 0.0306. The van der Waals surface area contributed by atoms with Gasteiger partial charge in [0.2, 0.25) is 0 Å². The van der Waals surface area contributed by atoms with Gasteiger partial charge in [0.25, 0.3) is 0 Å². The predicted molar refractivity (Wildman–Crippen MR) is 113 cm³/mol. The molecule has 0 N–H and O–H groups in total. The highest BCUT2D eigenvalue weighted by Gasteiger charge is 2.81. The maximum atomic E-state index is 13.0. The lowest BCUT2D eigenvalue weighted by atomic mass is 9.44. The van der Waals surface area contributed by atoms with E-state index in [1.807, 2.05) is 20.8 Å². The number of ketones is 1. The monoisotopic (exact) mass is 434 g/mol. The SMILES string of the molecule is CC(C)(C)C(=O)O[C@H]1CC[C@]2(C)C3CC[C@]4(C)C(=O)[C@H]5C[C@H]5C4C3[C@H](Cl)[C@H]3O[C@]32C1. The number of rotatable bonds is 1. The van der Waals surface area contributed by atoms with E-state index in [2.05, 4.69) is 13.8 Å². The Labute approximate surface area is 184 Å². The molecule has 5 heteroatoms. The van der Waals surface area contributed by atoms with Crippen LogP contribution in [0.5, 0.6) is 0 Å². The number of Topliss-reactive ketones (excluding diaryl/α,β-unsaturated/α-hetero) is 1. The maximum Gasteiger partial charge on any atom is 0.311 e. The lowest BCUT2D eigenvalue weighted by molar-refractivity contribution is -0.168. The Balaban J connectivity index is 1.29. The molecule has 0 amide bonds. The van der Waals surface area contributed by atoms with Crippen molar-refractivity contribution in [2.45, 2.75) is 96.3 Å². The Bertz CT molecular complexity index is 833. The molecule has 6 aliphatic rings. The normalized spacial score (nSPS) is 58.0. The summed E-state index contributed by atoms with van der Waals surface area (Å²) in [7, 11) is 0. The maximum absolute atomic E-state index is 13.0. The van der Waals surface area contributed by atoms with Gasteiger partial charge in [-0.05, 0) is 76.5 Å². The van der Waals surface area contributed by atoms with Crippen molar-refractivity contribution in [1.29, 1.82) is 0 Å². The molecular weight excluding hydrogens is 400 g/mol. The van der Waals surface area contributed by atoms with E-state index >= 15 is 0 Å².